The summed E-state index contributed by atoms with van der Waals surface area (Å²) in [5.74, 6) is -0.595. The van der Waals surface area contributed by atoms with Crippen LogP contribution in [0.25, 0.3) is 0 Å². The molecule has 0 aliphatic heterocycles. The largest absolute Gasteiger partial charge is 0.377 e. The Labute approximate surface area is 115 Å². The SMILES string of the molecule is COC(C)(C)CNC(=O)c1c(Cl)cccc1[N+](=O)[O-]. The lowest BCUT2D eigenvalue weighted by Gasteiger charge is -2.23. The van der Waals surface area contributed by atoms with Gasteiger partial charge in [-0.3, -0.25) is 14.9 Å². The number of nitro benzene ring substituents is 1. The van der Waals surface area contributed by atoms with Crippen LogP contribution in [0.2, 0.25) is 5.02 Å². The van der Waals surface area contributed by atoms with Crippen LogP contribution in [-0.4, -0.2) is 30.1 Å². The number of halogens is 1. The predicted octanol–water partition coefficient (Wildman–Crippen LogP) is 2.40. The number of carbonyl (C=O) groups is 1. The normalized spacial score (nSPS) is 11.2. The minimum absolute atomic E-state index is 0.0434. The fourth-order valence-electron chi connectivity index (χ4n) is 1.34. The average Bonchev–Trinajstić information content (AvgIpc) is 2.35. The highest BCUT2D eigenvalue weighted by Crippen LogP contribution is 2.26. The Kier molecular flexibility index (Phi) is 4.85. The summed E-state index contributed by atoms with van der Waals surface area (Å²) in [7, 11) is 1.52. The maximum Gasteiger partial charge on any atom is 0.283 e. The van der Waals surface area contributed by atoms with Crippen molar-refractivity contribution in [2.45, 2.75) is 19.4 Å². The van der Waals surface area contributed by atoms with Crippen LogP contribution < -0.4 is 5.32 Å². The lowest BCUT2D eigenvalue weighted by molar-refractivity contribution is -0.385. The first-order valence-corrected chi connectivity index (χ1v) is 5.92. The van der Waals surface area contributed by atoms with E-state index in [1.807, 2.05) is 0 Å². The maximum absolute atomic E-state index is 12.0. The zero-order valence-electron chi connectivity index (χ0n) is 10.9. The smallest absolute Gasteiger partial charge is 0.283 e. The van der Waals surface area contributed by atoms with Gasteiger partial charge in [0.05, 0.1) is 15.5 Å². The molecule has 0 bridgehead atoms. The molecule has 0 radical (unpaired) electrons. The van der Waals surface area contributed by atoms with E-state index in [-0.39, 0.29) is 22.8 Å². The summed E-state index contributed by atoms with van der Waals surface area (Å²) in [6.07, 6.45) is 0. The molecule has 1 amide bonds. The Morgan fingerprint density at radius 3 is 2.68 bits per heavy atom. The molecule has 0 saturated carbocycles. The number of nitrogens with one attached hydrogen (secondary N) is 1. The van der Waals surface area contributed by atoms with Gasteiger partial charge in [-0.2, -0.15) is 0 Å². The Morgan fingerprint density at radius 1 is 1.53 bits per heavy atom. The van der Waals surface area contributed by atoms with E-state index in [0.717, 1.165) is 0 Å². The van der Waals surface area contributed by atoms with Crippen LogP contribution in [0.3, 0.4) is 0 Å². The van der Waals surface area contributed by atoms with E-state index in [4.69, 9.17) is 16.3 Å². The van der Waals surface area contributed by atoms with Gasteiger partial charge in [-0.05, 0) is 19.9 Å². The molecule has 1 rings (SSSR count). The van der Waals surface area contributed by atoms with Gasteiger partial charge in [0.25, 0.3) is 11.6 Å². The summed E-state index contributed by atoms with van der Waals surface area (Å²) in [6, 6.07) is 4.10. The summed E-state index contributed by atoms with van der Waals surface area (Å²) in [5, 5.41) is 13.5. The van der Waals surface area contributed by atoms with E-state index < -0.39 is 16.4 Å². The monoisotopic (exact) mass is 286 g/mol. The second kappa shape index (κ2) is 5.99. The number of benzene rings is 1. The fourth-order valence-corrected chi connectivity index (χ4v) is 1.60. The number of carbonyl (C=O) groups excluding carboxylic acids is 1. The second-order valence-corrected chi connectivity index (χ2v) is 4.94. The van der Waals surface area contributed by atoms with Crippen LogP contribution in [0, 0.1) is 10.1 Å². The quantitative estimate of drug-likeness (QED) is 0.665. The minimum Gasteiger partial charge on any atom is -0.377 e. The maximum atomic E-state index is 12.0. The number of rotatable bonds is 5. The van der Waals surface area contributed by atoms with Gasteiger partial charge in [0.15, 0.2) is 0 Å². The Morgan fingerprint density at radius 2 is 2.16 bits per heavy atom. The van der Waals surface area contributed by atoms with Crippen molar-refractivity contribution in [2.75, 3.05) is 13.7 Å². The third kappa shape index (κ3) is 3.90. The molecule has 1 N–H and O–H groups in total. The number of ether oxygens (including phenoxy) is 1. The molecule has 0 saturated heterocycles. The first kappa shape index (κ1) is 15.4. The van der Waals surface area contributed by atoms with Gasteiger partial charge in [-0.15, -0.1) is 0 Å². The van der Waals surface area contributed by atoms with Crippen molar-refractivity contribution < 1.29 is 14.5 Å². The zero-order chi connectivity index (χ0) is 14.6. The van der Waals surface area contributed by atoms with Crippen molar-refractivity contribution in [3.63, 3.8) is 0 Å². The van der Waals surface area contributed by atoms with Crippen molar-refractivity contribution in [1.82, 2.24) is 5.32 Å². The zero-order valence-corrected chi connectivity index (χ0v) is 11.7. The molecule has 0 unspecified atom stereocenters. The summed E-state index contributed by atoms with van der Waals surface area (Å²) in [5.41, 5.74) is -1.02. The van der Waals surface area contributed by atoms with Crippen LogP contribution in [0.5, 0.6) is 0 Å². The van der Waals surface area contributed by atoms with Gasteiger partial charge in [-0.25, -0.2) is 0 Å². The number of nitro groups is 1. The summed E-state index contributed by atoms with van der Waals surface area (Å²) in [4.78, 5) is 22.2. The number of methoxy groups -OCH3 is 1. The lowest BCUT2D eigenvalue weighted by Crippen LogP contribution is -2.40. The molecule has 0 heterocycles. The predicted molar refractivity (Wildman–Crippen MR) is 71.5 cm³/mol. The highest BCUT2D eigenvalue weighted by atomic mass is 35.5. The third-order valence-electron chi connectivity index (χ3n) is 2.64. The molecule has 1 aromatic carbocycles. The number of hydrogen-bond acceptors (Lipinski definition) is 4. The van der Waals surface area contributed by atoms with Crippen LogP contribution in [0.1, 0.15) is 24.2 Å². The molecule has 7 heteroatoms. The summed E-state index contributed by atoms with van der Waals surface area (Å²) < 4.78 is 5.15. The Hall–Kier alpha value is -1.66. The topological polar surface area (TPSA) is 81.5 Å². The van der Waals surface area contributed by atoms with Crippen molar-refractivity contribution in [3.05, 3.63) is 38.9 Å². The van der Waals surface area contributed by atoms with E-state index >= 15 is 0 Å². The molecule has 1 aromatic rings. The molecule has 104 valence electrons. The molecular formula is C12H15ClN2O4. The summed E-state index contributed by atoms with van der Waals surface area (Å²) in [6.45, 7) is 3.79. The first-order valence-electron chi connectivity index (χ1n) is 5.55. The number of nitrogens with zero attached hydrogens (tertiary/aromatic N) is 1. The fraction of sp³-hybridized carbons (Fsp3) is 0.417. The molecule has 0 aliphatic carbocycles. The van der Waals surface area contributed by atoms with E-state index in [1.165, 1.54) is 25.3 Å². The Balaban J connectivity index is 2.97. The van der Waals surface area contributed by atoms with E-state index in [0.29, 0.717) is 0 Å². The van der Waals surface area contributed by atoms with Crippen molar-refractivity contribution in [3.8, 4) is 0 Å². The molecule has 0 atom stereocenters. The van der Waals surface area contributed by atoms with Gasteiger partial charge in [0, 0.05) is 19.7 Å². The van der Waals surface area contributed by atoms with Gasteiger partial charge in [0.2, 0.25) is 0 Å². The molecule has 19 heavy (non-hydrogen) atoms. The van der Waals surface area contributed by atoms with Crippen LogP contribution in [-0.2, 0) is 4.74 Å². The summed E-state index contributed by atoms with van der Waals surface area (Å²) >= 11 is 5.86. The van der Waals surface area contributed by atoms with Crippen molar-refractivity contribution in [2.24, 2.45) is 0 Å². The van der Waals surface area contributed by atoms with Crippen molar-refractivity contribution >= 4 is 23.2 Å². The molecule has 0 fully saturated rings. The van der Waals surface area contributed by atoms with E-state index in [9.17, 15) is 14.9 Å². The molecular weight excluding hydrogens is 272 g/mol. The molecule has 0 aromatic heterocycles. The lowest BCUT2D eigenvalue weighted by atomic mass is 10.1. The first-order chi connectivity index (χ1) is 8.78. The van der Waals surface area contributed by atoms with E-state index in [1.54, 1.807) is 13.8 Å². The standard InChI is InChI=1S/C12H15ClN2O4/c1-12(2,19-3)7-14-11(16)10-8(13)5-4-6-9(10)15(17)18/h4-6H,7H2,1-3H3,(H,14,16). The average molecular weight is 287 g/mol. The highest BCUT2D eigenvalue weighted by Gasteiger charge is 2.25. The van der Waals surface area contributed by atoms with E-state index in [2.05, 4.69) is 5.32 Å². The van der Waals surface area contributed by atoms with Gasteiger partial charge in [-0.1, -0.05) is 17.7 Å². The minimum atomic E-state index is -0.637. The highest BCUT2D eigenvalue weighted by molar-refractivity contribution is 6.34. The van der Waals surface area contributed by atoms with Gasteiger partial charge < -0.3 is 10.1 Å². The van der Waals surface area contributed by atoms with Crippen LogP contribution >= 0.6 is 11.6 Å². The molecule has 6 nitrogen and oxygen atoms in total. The number of amides is 1. The number of hydrogen-bond donors (Lipinski definition) is 1. The second-order valence-electron chi connectivity index (χ2n) is 4.54. The third-order valence-corrected chi connectivity index (χ3v) is 2.96. The van der Waals surface area contributed by atoms with Crippen molar-refractivity contribution in [1.29, 1.82) is 0 Å². The Bertz CT molecular complexity index is 503. The molecule has 0 aliphatic rings. The van der Waals surface area contributed by atoms with Gasteiger partial charge in [0.1, 0.15) is 5.56 Å². The van der Waals surface area contributed by atoms with Crippen LogP contribution in [0.4, 0.5) is 5.69 Å². The van der Waals surface area contributed by atoms with Crippen LogP contribution in [0.15, 0.2) is 18.2 Å². The molecule has 0 spiro atoms. The van der Waals surface area contributed by atoms with Gasteiger partial charge >= 0.3 is 0 Å².